The van der Waals surface area contributed by atoms with E-state index in [0.717, 1.165) is 51.4 Å². The maximum absolute atomic E-state index is 8.85. The second kappa shape index (κ2) is 6.44. The molecule has 2 saturated heterocycles. The zero-order valence-electron chi connectivity index (χ0n) is 12.1. The smallest absolute Gasteiger partial charge is 0.170 e. The van der Waals surface area contributed by atoms with Crippen LogP contribution in [0.4, 0.5) is 0 Å². The summed E-state index contributed by atoms with van der Waals surface area (Å²) in [5.41, 5.74) is 0.628. The lowest BCUT2D eigenvalue weighted by atomic mass is 10.0. The molecule has 2 heterocycles. The zero-order chi connectivity index (χ0) is 14.5. The standard InChI is InChI=1S/C16H20N2O3/c17-13-14-2-1-3-15(12-14)19-9-8-18-6-4-16(5-7-18)20-10-11-21-16/h1-3,12H,4-11H2. The van der Waals surface area contributed by atoms with Crippen LogP contribution in [0.15, 0.2) is 24.3 Å². The van der Waals surface area contributed by atoms with Gasteiger partial charge in [0.2, 0.25) is 0 Å². The molecular weight excluding hydrogens is 268 g/mol. The summed E-state index contributed by atoms with van der Waals surface area (Å²) >= 11 is 0. The van der Waals surface area contributed by atoms with Gasteiger partial charge in [0, 0.05) is 32.5 Å². The Morgan fingerprint density at radius 3 is 2.71 bits per heavy atom. The Morgan fingerprint density at radius 1 is 1.24 bits per heavy atom. The van der Waals surface area contributed by atoms with Gasteiger partial charge < -0.3 is 14.2 Å². The monoisotopic (exact) mass is 288 g/mol. The van der Waals surface area contributed by atoms with Gasteiger partial charge in [-0.25, -0.2) is 0 Å². The Bertz CT molecular complexity index is 510. The van der Waals surface area contributed by atoms with Crippen molar-refractivity contribution in [2.45, 2.75) is 18.6 Å². The van der Waals surface area contributed by atoms with Crippen molar-refractivity contribution in [2.75, 3.05) is 39.5 Å². The van der Waals surface area contributed by atoms with Crippen LogP contribution >= 0.6 is 0 Å². The largest absolute Gasteiger partial charge is 0.492 e. The minimum Gasteiger partial charge on any atom is -0.492 e. The molecule has 1 aromatic rings. The van der Waals surface area contributed by atoms with E-state index in [1.807, 2.05) is 12.1 Å². The summed E-state index contributed by atoms with van der Waals surface area (Å²) < 4.78 is 17.1. The minimum atomic E-state index is -0.307. The number of nitriles is 1. The lowest BCUT2D eigenvalue weighted by molar-refractivity contribution is -0.185. The molecule has 0 aromatic heterocycles. The molecule has 21 heavy (non-hydrogen) atoms. The summed E-state index contributed by atoms with van der Waals surface area (Å²) in [6, 6.07) is 9.38. The highest BCUT2D eigenvalue weighted by molar-refractivity contribution is 5.36. The number of likely N-dealkylation sites (tertiary alicyclic amines) is 1. The zero-order valence-corrected chi connectivity index (χ0v) is 12.1. The molecule has 0 bridgehead atoms. The van der Waals surface area contributed by atoms with Gasteiger partial charge in [0.25, 0.3) is 0 Å². The summed E-state index contributed by atoms with van der Waals surface area (Å²) in [5.74, 6) is 0.448. The van der Waals surface area contributed by atoms with Crippen molar-refractivity contribution in [3.63, 3.8) is 0 Å². The Morgan fingerprint density at radius 2 is 2.00 bits per heavy atom. The molecule has 112 valence electrons. The fourth-order valence-corrected chi connectivity index (χ4v) is 2.85. The Hall–Kier alpha value is -1.61. The predicted octanol–water partition coefficient (Wildman–Crippen LogP) is 1.78. The maximum Gasteiger partial charge on any atom is 0.170 e. The van der Waals surface area contributed by atoms with Crippen molar-refractivity contribution in [3.8, 4) is 11.8 Å². The van der Waals surface area contributed by atoms with E-state index >= 15 is 0 Å². The van der Waals surface area contributed by atoms with Gasteiger partial charge >= 0.3 is 0 Å². The maximum atomic E-state index is 8.85. The van der Waals surface area contributed by atoms with Crippen LogP contribution in [0.2, 0.25) is 0 Å². The van der Waals surface area contributed by atoms with Crippen molar-refractivity contribution in [1.29, 1.82) is 5.26 Å². The second-order valence-corrected chi connectivity index (χ2v) is 5.44. The molecule has 5 heteroatoms. The van der Waals surface area contributed by atoms with E-state index in [-0.39, 0.29) is 5.79 Å². The van der Waals surface area contributed by atoms with Crippen molar-refractivity contribution in [2.24, 2.45) is 0 Å². The number of piperidine rings is 1. The number of hydrogen-bond acceptors (Lipinski definition) is 5. The first-order chi connectivity index (χ1) is 10.3. The van der Waals surface area contributed by atoms with Crippen molar-refractivity contribution >= 4 is 0 Å². The first kappa shape index (κ1) is 14.3. The van der Waals surface area contributed by atoms with E-state index in [1.54, 1.807) is 12.1 Å². The van der Waals surface area contributed by atoms with Gasteiger partial charge in [0.1, 0.15) is 12.4 Å². The van der Waals surface area contributed by atoms with Gasteiger partial charge in [0.15, 0.2) is 5.79 Å². The number of rotatable bonds is 4. The van der Waals surface area contributed by atoms with Gasteiger partial charge in [-0.3, -0.25) is 4.90 Å². The fraction of sp³-hybridized carbons (Fsp3) is 0.562. The molecular formula is C16H20N2O3. The highest BCUT2D eigenvalue weighted by Crippen LogP contribution is 2.31. The third kappa shape index (κ3) is 3.53. The van der Waals surface area contributed by atoms with Crippen molar-refractivity contribution in [1.82, 2.24) is 4.90 Å². The van der Waals surface area contributed by atoms with Gasteiger partial charge in [0.05, 0.1) is 24.8 Å². The van der Waals surface area contributed by atoms with E-state index in [4.69, 9.17) is 19.5 Å². The lowest BCUT2D eigenvalue weighted by Crippen LogP contribution is -2.46. The second-order valence-electron chi connectivity index (χ2n) is 5.44. The van der Waals surface area contributed by atoms with Crippen LogP contribution < -0.4 is 4.74 Å². The van der Waals surface area contributed by atoms with E-state index in [2.05, 4.69) is 11.0 Å². The molecule has 0 N–H and O–H groups in total. The molecule has 0 unspecified atom stereocenters. The van der Waals surface area contributed by atoms with Crippen LogP contribution in [0.5, 0.6) is 5.75 Å². The molecule has 0 aliphatic carbocycles. The molecule has 3 rings (SSSR count). The van der Waals surface area contributed by atoms with Crippen molar-refractivity contribution < 1.29 is 14.2 Å². The molecule has 0 atom stereocenters. The first-order valence-corrected chi connectivity index (χ1v) is 7.43. The number of hydrogen-bond donors (Lipinski definition) is 0. The Labute approximate surface area is 125 Å². The van der Waals surface area contributed by atoms with Crippen LogP contribution in [-0.4, -0.2) is 50.1 Å². The van der Waals surface area contributed by atoms with E-state index in [1.165, 1.54) is 0 Å². The quantitative estimate of drug-likeness (QED) is 0.845. The highest BCUT2D eigenvalue weighted by atomic mass is 16.7. The highest BCUT2D eigenvalue weighted by Gasteiger charge is 2.39. The van der Waals surface area contributed by atoms with Gasteiger partial charge in [-0.1, -0.05) is 6.07 Å². The van der Waals surface area contributed by atoms with Crippen LogP contribution in [-0.2, 0) is 9.47 Å². The summed E-state index contributed by atoms with van der Waals surface area (Å²) in [6.07, 6.45) is 1.85. The third-order valence-corrected chi connectivity index (χ3v) is 4.07. The molecule has 0 amide bonds. The summed E-state index contributed by atoms with van der Waals surface area (Å²) in [6.45, 7) is 4.90. The summed E-state index contributed by atoms with van der Waals surface area (Å²) in [7, 11) is 0. The molecule has 1 spiro atoms. The average Bonchev–Trinajstić information content (AvgIpc) is 2.98. The van der Waals surface area contributed by atoms with E-state index in [0.29, 0.717) is 12.2 Å². The molecule has 2 aliphatic rings. The number of nitrogens with zero attached hydrogens (tertiary/aromatic N) is 2. The third-order valence-electron chi connectivity index (χ3n) is 4.07. The van der Waals surface area contributed by atoms with Gasteiger partial charge in [-0.05, 0) is 18.2 Å². The number of ether oxygens (including phenoxy) is 3. The van der Waals surface area contributed by atoms with Gasteiger partial charge in [-0.2, -0.15) is 5.26 Å². The lowest BCUT2D eigenvalue weighted by Gasteiger charge is -2.37. The first-order valence-electron chi connectivity index (χ1n) is 7.43. The summed E-state index contributed by atoms with van der Waals surface area (Å²) in [5, 5.41) is 8.85. The Balaban J connectivity index is 1.41. The van der Waals surface area contributed by atoms with Crippen molar-refractivity contribution in [3.05, 3.63) is 29.8 Å². The van der Waals surface area contributed by atoms with E-state index < -0.39 is 0 Å². The molecule has 5 nitrogen and oxygen atoms in total. The molecule has 1 aromatic carbocycles. The molecule has 0 saturated carbocycles. The minimum absolute atomic E-state index is 0.307. The van der Waals surface area contributed by atoms with Crippen LogP contribution in [0.3, 0.4) is 0 Å². The normalized spacial score (nSPS) is 21.3. The molecule has 2 aliphatic heterocycles. The predicted molar refractivity (Wildman–Crippen MR) is 77.0 cm³/mol. The molecule has 2 fully saturated rings. The SMILES string of the molecule is N#Cc1cccc(OCCN2CCC3(CC2)OCCO3)c1. The molecule has 0 radical (unpaired) electrons. The topological polar surface area (TPSA) is 54.7 Å². The van der Waals surface area contributed by atoms with Gasteiger partial charge in [-0.15, -0.1) is 0 Å². The van der Waals surface area contributed by atoms with Crippen LogP contribution in [0, 0.1) is 11.3 Å². The fourth-order valence-electron chi connectivity index (χ4n) is 2.85. The van der Waals surface area contributed by atoms with Crippen LogP contribution in [0.1, 0.15) is 18.4 Å². The van der Waals surface area contributed by atoms with Crippen LogP contribution in [0.25, 0.3) is 0 Å². The Kier molecular flexibility index (Phi) is 4.39. The average molecular weight is 288 g/mol. The summed E-state index contributed by atoms with van der Waals surface area (Å²) in [4.78, 5) is 2.37. The number of benzene rings is 1. The van der Waals surface area contributed by atoms with E-state index in [9.17, 15) is 0 Å².